The zero-order valence-corrected chi connectivity index (χ0v) is 17.4. The van der Waals surface area contributed by atoms with Gasteiger partial charge in [0.05, 0.1) is 17.2 Å². The molecule has 3 aromatic rings. The second-order valence-corrected chi connectivity index (χ2v) is 7.36. The van der Waals surface area contributed by atoms with Crippen LogP contribution >= 0.6 is 11.6 Å². The molecule has 0 spiro atoms. The summed E-state index contributed by atoms with van der Waals surface area (Å²) in [6.45, 7) is 5.39. The van der Waals surface area contributed by atoms with Crippen LogP contribution in [0.15, 0.2) is 42.2 Å². The molecule has 0 saturated carbocycles. The zero-order valence-electron chi connectivity index (χ0n) is 16.7. The summed E-state index contributed by atoms with van der Waals surface area (Å²) < 4.78 is 46.3. The lowest BCUT2D eigenvalue weighted by atomic mass is 10.1. The van der Waals surface area contributed by atoms with Gasteiger partial charge in [-0.25, -0.2) is 9.78 Å². The zero-order chi connectivity index (χ0) is 22.1. The van der Waals surface area contributed by atoms with Crippen LogP contribution in [0.4, 0.5) is 13.2 Å². The maximum Gasteiger partial charge on any atom is 0.416 e. The van der Waals surface area contributed by atoms with Crippen molar-refractivity contribution in [2.75, 3.05) is 6.61 Å². The predicted octanol–water partition coefficient (Wildman–Crippen LogP) is 6.03. The summed E-state index contributed by atoms with van der Waals surface area (Å²) >= 11 is 6.37. The number of fused-ring (bicyclic) bond motifs is 1. The molecule has 0 radical (unpaired) electrons. The van der Waals surface area contributed by atoms with Crippen molar-refractivity contribution in [3.8, 4) is 0 Å². The maximum atomic E-state index is 13.2. The van der Waals surface area contributed by atoms with Gasteiger partial charge in [-0.3, -0.25) is 0 Å². The molecular weight excluding hydrogens is 417 g/mol. The van der Waals surface area contributed by atoms with E-state index < -0.39 is 17.7 Å². The van der Waals surface area contributed by atoms with E-state index in [9.17, 15) is 18.0 Å². The first kappa shape index (κ1) is 21.9. The average Bonchev–Trinajstić information content (AvgIpc) is 2.99. The Kier molecular flexibility index (Phi) is 6.22. The fourth-order valence-corrected chi connectivity index (χ4v) is 3.54. The van der Waals surface area contributed by atoms with Gasteiger partial charge in [-0.15, -0.1) is 0 Å². The summed E-state index contributed by atoms with van der Waals surface area (Å²) in [7, 11) is 0. The third-order valence-electron chi connectivity index (χ3n) is 4.52. The van der Waals surface area contributed by atoms with Crippen molar-refractivity contribution in [3.05, 3.63) is 69.5 Å². The molecule has 4 nitrogen and oxygen atoms in total. The number of pyridine rings is 1. The molecule has 2 heterocycles. The highest BCUT2D eigenvalue weighted by Crippen LogP contribution is 2.32. The summed E-state index contributed by atoms with van der Waals surface area (Å²) in [5.74, 6) is -0.452. The Balaban J connectivity index is 2.09. The van der Waals surface area contributed by atoms with Crippen molar-refractivity contribution < 1.29 is 22.7 Å². The largest absolute Gasteiger partial charge is 0.463 e. The number of rotatable bonds is 5. The summed E-state index contributed by atoms with van der Waals surface area (Å²) in [6, 6.07) is 5.57. The molecule has 0 fully saturated rings. The van der Waals surface area contributed by atoms with E-state index in [0.29, 0.717) is 38.3 Å². The van der Waals surface area contributed by atoms with Gasteiger partial charge in [-0.2, -0.15) is 13.2 Å². The number of halogens is 4. The van der Waals surface area contributed by atoms with Gasteiger partial charge in [0.2, 0.25) is 0 Å². The number of nitrogens with zero attached hydrogens (tertiary/aromatic N) is 2. The van der Waals surface area contributed by atoms with Gasteiger partial charge < -0.3 is 9.30 Å². The van der Waals surface area contributed by atoms with Crippen molar-refractivity contribution in [2.24, 2.45) is 0 Å². The van der Waals surface area contributed by atoms with Crippen LogP contribution in [0.1, 0.15) is 36.1 Å². The first-order valence-corrected chi connectivity index (χ1v) is 9.64. The highest BCUT2D eigenvalue weighted by molar-refractivity contribution is 6.35. The average molecular weight is 437 g/mol. The molecule has 0 aliphatic heterocycles. The Morgan fingerprint density at radius 2 is 2.03 bits per heavy atom. The first-order valence-electron chi connectivity index (χ1n) is 9.26. The molecule has 0 N–H and O–H groups in total. The fourth-order valence-electron chi connectivity index (χ4n) is 3.29. The number of carbonyl (C=O) groups is 1. The molecule has 8 heteroatoms. The monoisotopic (exact) mass is 436 g/mol. The standard InChI is InChI=1S/C22H20ClF3N2O2/c1-4-30-21(29)14(3)9-16-12-28(20-19(16)18(23)5-6-27-20)11-15-7-13(2)8-17(10-15)22(24,25)26/h5-10,12H,4,11H2,1-3H3/b14-9+. The number of hydrogen-bond donors (Lipinski definition) is 0. The first-order chi connectivity index (χ1) is 14.1. The van der Waals surface area contributed by atoms with Gasteiger partial charge in [0.15, 0.2) is 0 Å². The third-order valence-corrected chi connectivity index (χ3v) is 4.84. The Morgan fingerprint density at radius 3 is 2.70 bits per heavy atom. The molecule has 0 atom stereocenters. The Morgan fingerprint density at radius 1 is 1.30 bits per heavy atom. The normalized spacial score (nSPS) is 12.4. The molecule has 0 aliphatic carbocycles. The molecule has 0 bridgehead atoms. The Labute approximate surface area is 176 Å². The van der Waals surface area contributed by atoms with E-state index in [4.69, 9.17) is 16.3 Å². The van der Waals surface area contributed by atoms with Crippen LogP contribution in [-0.2, 0) is 22.3 Å². The van der Waals surface area contributed by atoms with Crippen LogP contribution in [-0.4, -0.2) is 22.1 Å². The number of aryl methyl sites for hydroxylation is 1. The molecule has 0 unspecified atom stereocenters. The predicted molar refractivity (Wildman–Crippen MR) is 110 cm³/mol. The van der Waals surface area contributed by atoms with Gasteiger partial charge in [-0.05, 0) is 50.6 Å². The third kappa shape index (κ3) is 4.67. The Hall–Kier alpha value is -2.80. The van der Waals surface area contributed by atoms with E-state index in [1.54, 1.807) is 49.7 Å². The number of aromatic nitrogens is 2. The molecular formula is C22H20ClF3N2O2. The smallest absolute Gasteiger partial charge is 0.416 e. The van der Waals surface area contributed by atoms with Crippen molar-refractivity contribution >= 4 is 34.7 Å². The number of ether oxygens (including phenoxy) is 1. The SMILES string of the molecule is CCOC(=O)/C(C)=C/c1cn(Cc2cc(C)cc(C(F)(F)F)c2)c2nccc(Cl)c12. The molecule has 2 aromatic heterocycles. The number of benzene rings is 1. The molecule has 3 rings (SSSR count). The molecule has 0 aliphatic rings. The minimum Gasteiger partial charge on any atom is -0.463 e. The Bertz CT molecular complexity index is 1130. The van der Waals surface area contributed by atoms with Crippen LogP contribution in [0.3, 0.4) is 0 Å². The second-order valence-electron chi connectivity index (χ2n) is 6.96. The van der Waals surface area contributed by atoms with Gasteiger partial charge >= 0.3 is 12.1 Å². The van der Waals surface area contributed by atoms with Crippen molar-refractivity contribution in [2.45, 2.75) is 33.5 Å². The molecule has 158 valence electrons. The van der Waals surface area contributed by atoms with E-state index in [-0.39, 0.29) is 13.2 Å². The maximum absolute atomic E-state index is 13.2. The lowest BCUT2D eigenvalue weighted by Gasteiger charge is -2.11. The minimum absolute atomic E-state index is 0.168. The van der Waals surface area contributed by atoms with E-state index in [0.717, 1.165) is 12.1 Å². The van der Waals surface area contributed by atoms with Gasteiger partial charge in [0, 0.05) is 35.5 Å². The number of carbonyl (C=O) groups excluding carboxylic acids is 1. The highest BCUT2D eigenvalue weighted by atomic mass is 35.5. The van der Waals surface area contributed by atoms with Crippen molar-refractivity contribution in [1.29, 1.82) is 0 Å². The summed E-state index contributed by atoms with van der Waals surface area (Å²) in [5.41, 5.74) is 1.83. The fraction of sp³-hybridized carbons (Fsp3) is 0.273. The van der Waals surface area contributed by atoms with Crippen LogP contribution in [0.2, 0.25) is 5.02 Å². The van der Waals surface area contributed by atoms with E-state index in [2.05, 4.69) is 4.98 Å². The van der Waals surface area contributed by atoms with Crippen LogP contribution < -0.4 is 0 Å². The van der Waals surface area contributed by atoms with Crippen LogP contribution in [0.25, 0.3) is 17.1 Å². The molecule has 30 heavy (non-hydrogen) atoms. The van der Waals surface area contributed by atoms with E-state index in [1.807, 2.05) is 0 Å². The number of alkyl halides is 3. The molecule has 0 amide bonds. The van der Waals surface area contributed by atoms with Gasteiger partial charge in [0.25, 0.3) is 0 Å². The lowest BCUT2D eigenvalue weighted by molar-refractivity contribution is -0.138. The van der Waals surface area contributed by atoms with Crippen molar-refractivity contribution in [1.82, 2.24) is 9.55 Å². The lowest BCUT2D eigenvalue weighted by Crippen LogP contribution is -2.07. The summed E-state index contributed by atoms with van der Waals surface area (Å²) in [5, 5.41) is 1.05. The number of esters is 1. The summed E-state index contributed by atoms with van der Waals surface area (Å²) in [4.78, 5) is 16.3. The van der Waals surface area contributed by atoms with Crippen LogP contribution in [0.5, 0.6) is 0 Å². The number of hydrogen-bond acceptors (Lipinski definition) is 3. The minimum atomic E-state index is -4.42. The van der Waals surface area contributed by atoms with Gasteiger partial charge in [-0.1, -0.05) is 23.2 Å². The topological polar surface area (TPSA) is 44.1 Å². The van der Waals surface area contributed by atoms with E-state index in [1.165, 1.54) is 6.20 Å². The van der Waals surface area contributed by atoms with Gasteiger partial charge in [0.1, 0.15) is 5.65 Å². The second kappa shape index (κ2) is 8.52. The van der Waals surface area contributed by atoms with Crippen molar-refractivity contribution in [3.63, 3.8) is 0 Å². The van der Waals surface area contributed by atoms with Crippen LogP contribution in [0, 0.1) is 6.92 Å². The molecule has 0 saturated heterocycles. The van der Waals surface area contributed by atoms with E-state index >= 15 is 0 Å². The summed E-state index contributed by atoms with van der Waals surface area (Å²) in [6.07, 6.45) is 0.472. The molecule has 1 aromatic carbocycles. The quantitative estimate of drug-likeness (QED) is 0.362. The highest BCUT2D eigenvalue weighted by Gasteiger charge is 2.31.